The molecule has 0 saturated heterocycles. The van der Waals surface area contributed by atoms with Crippen molar-refractivity contribution in [3.05, 3.63) is 53.6 Å². The number of hydrogen-bond acceptors (Lipinski definition) is 3. The molecule has 0 atom stereocenters. The van der Waals surface area contributed by atoms with Crippen molar-refractivity contribution in [3.8, 4) is 16.9 Å². The summed E-state index contributed by atoms with van der Waals surface area (Å²) in [6, 6.07) is 9.30. The average molecular weight is 310 g/mol. The molecular weight excluding hydrogens is 297 g/mol. The van der Waals surface area contributed by atoms with E-state index >= 15 is 0 Å². The van der Waals surface area contributed by atoms with E-state index < -0.39 is 17.7 Å². The zero-order valence-corrected chi connectivity index (χ0v) is 11.9. The Bertz CT molecular complexity index is 693. The number of halogens is 3. The van der Waals surface area contributed by atoms with Crippen LogP contribution in [0.25, 0.3) is 11.1 Å². The molecule has 0 spiro atoms. The fourth-order valence-electron chi connectivity index (χ4n) is 2.04. The van der Waals surface area contributed by atoms with Gasteiger partial charge in [-0.15, -0.1) is 0 Å². The number of esters is 1. The molecule has 0 aliphatic heterocycles. The average Bonchev–Trinajstić information content (AvgIpc) is 2.52. The number of methoxy groups -OCH3 is 2. The predicted molar refractivity (Wildman–Crippen MR) is 74.8 cm³/mol. The highest BCUT2D eigenvalue weighted by Crippen LogP contribution is 2.34. The SMILES string of the molecule is COC(=O)c1cc(OC)ccc1-c1cccc(C(F)(F)F)c1. The van der Waals surface area contributed by atoms with Crippen molar-refractivity contribution >= 4 is 5.97 Å². The summed E-state index contributed by atoms with van der Waals surface area (Å²) in [4.78, 5) is 11.9. The lowest BCUT2D eigenvalue weighted by atomic mass is 9.97. The van der Waals surface area contributed by atoms with E-state index in [2.05, 4.69) is 4.74 Å². The second-order valence-electron chi connectivity index (χ2n) is 4.48. The van der Waals surface area contributed by atoms with Crippen LogP contribution >= 0.6 is 0 Å². The fourth-order valence-corrected chi connectivity index (χ4v) is 2.04. The summed E-state index contributed by atoms with van der Waals surface area (Å²) < 4.78 is 48.2. The number of ether oxygens (including phenoxy) is 2. The Morgan fingerprint density at radius 2 is 1.77 bits per heavy atom. The van der Waals surface area contributed by atoms with Gasteiger partial charge in [0, 0.05) is 0 Å². The van der Waals surface area contributed by atoms with E-state index in [0.717, 1.165) is 12.1 Å². The molecule has 3 nitrogen and oxygen atoms in total. The molecule has 0 fully saturated rings. The lowest BCUT2D eigenvalue weighted by Crippen LogP contribution is -2.06. The normalized spacial score (nSPS) is 11.1. The molecule has 2 aromatic rings. The van der Waals surface area contributed by atoms with Crippen molar-refractivity contribution in [3.63, 3.8) is 0 Å². The van der Waals surface area contributed by atoms with Crippen LogP contribution in [0, 0.1) is 0 Å². The second-order valence-corrected chi connectivity index (χ2v) is 4.48. The maximum atomic E-state index is 12.8. The quantitative estimate of drug-likeness (QED) is 0.798. The van der Waals surface area contributed by atoms with E-state index in [0.29, 0.717) is 11.3 Å². The molecular formula is C16H13F3O3. The van der Waals surface area contributed by atoms with Crippen molar-refractivity contribution in [2.75, 3.05) is 14.2 Å². The Morgan fingerprint density at radius 3 is 2.36 bits per heavy atom. The highest BCUT2D eigenvalue weighted by atomic mass is 19.4. The van der Waals surface area contributed by atoms with Gasteiger partial charge in [0.25, 0.3) is 0 Å². The van der Waals surface area contributed by atoms with Gasteiger partial charge >= 0.3 is 12.1 Å². The molecule has 0 unspecified atom stereocenters. The number of carbonyl (C=O) groups is 1. The van der Waals surface area contributed by atoms with Gasteiger partial charge in [-0.1, -0.05) is 12.1 Å². The van der Waals surface area contributed by atoms with Crippen LogP contribution in [-0.2, 0) is 10.9 Å². The Morgan fingerprint density at radius 1 is 1.05 bits per heavy atom. The van der Waals surface area contributed by atoms with Crippen molar-refractivity contribution < 1.29 is 27.4 Å². The molecule has 22 heavy (non-hydrogen) atoms. The molecule has 0 amide bonds. The first-order valence-electron chi connectivity index (χ1n) is 6.31. The van der Waals surface area contributed by atoms with Crippen LogP contribution in [0.4, 0.5) is 13.2 Å². The molecule has 2 aromatic carbocycles. The molecule has 6 heteroatoms. The Hall–Kier alpha value is -2.50. The van der Waals surface area contributed by atoms with Crippen LogP contribution in [0.5, 0.6) is 5.75 Å². The monoisotopic (exact) mass is 310 g/mol. The van der Waals surface area contributed by atoms with E-state index in [1.165, 1.54) is 38.5 Å². The van der Waals surface area contributed by atoms with Crippen LogP contribution in [0.3, 0.4) is 0 Å². The van der Waals surface area contributed by atoms with Crippen LogP contribution in [-0.4, -0.2) is 20.2 Å². The lowest BCUT2D eigenvalue weighted by Gasteiger charge is -2.12. The van der Waals surface area contributed by atoms with E-state index in [9.17, 15) is 18.0 Å². The molecule has 0 aliphatic rings. The number of alkyl halides is 3. The van der Waals surface area contributed by atoms with Gasteiger partial charge in [0.05, 0.1) is 25.3 Å². The molecule has 0 heterocycles. The Labute approximate surface area is 125 Å². The minimum Gasteiger partial charge on any atom is -0.497 e. The van der Waals surface area contributed by atoms with Gasteiger partial charge in [-0.3, -0.25) is 0 Å². The molecule has 0 N–H and O–H groups in total. The number of benzene rings is 2. The molecule has 0 aliphatic carbocycles. The van der Waals surface area contributed by atoms with Crippen LogP contribution in [0.1, 0.15) is 15.9 Å². The first kappa shape index (κ1) is 15.9. The third-order valence-corrected chi connectivity index (χ3v) is 3.13. The number of carbonyl (C=O) groups excluding carboxylic acids is 1. The van der Waals surface area contributed by atoms with Gasteiger partial charge in [-0.25, -0.2) is 4.79 Å². The minimum absolute atomic E-state index is 0.140. The van der Waals surface area contributed by atoms with E-state index in [4.69, 9.17) is 4.74 Å². The molecule has 0 radical (unpaired) electrons. The van der Waals surface area contributed by atoms with E-state index in [1.54, 1.807) is 6.07 Å². The zero-order chi connectivity index (χ0) is 16.3. The summed E-state index contributed by atoms with van der Waals surface area (Å²) in [6.07, 6.45) is -4.45. The fraction of sp³-hybridized carbons (Fsp3) is 0.188. The van der Waals surface area contributed by atoms with E-state index in [-0.39, 0.29) is 11.1 Å². The van der Waals surface area contributed by atoms with Crippen LogP contribution in [0.2, 0.25) is 0 Å². The zero-order valence-electron chi connectivity index (χ0n) is 11.9. The van der Waals surface area contributed by atoms with Crippen molar-refractivity contribution in [1.29, 1.82) is 0 Å². The summed E-state index contributed by atoms with van der Waals surface area (Å²) in [6.45, 7) is 0. The molecule has 0 saturated carbocycles. The summed E-state index contributed by atoms with van der Waals surface area (Å²) in [7, 11) is 2.64. The van der Waals surface area contributed by atoms with Gasteiger partial charge in [0.1, 0.15) is 5.75 Å². The minimum atomic E-state index is -4.45. The van der Waals surface area contributed by atoms with Crippen molar-refractivity contribution in [2.45, 2.75) is 6.18 Å². The predicted octanol–water partition coefficient (Wildman–Crippen LogP) is 4.17. The lowest BCUT2D eigenvalue weighted by molar-refractivity contribution is -0.137. The van der Waals surface area contributed by atoms with Gasteiger partial charge in [0.2, 0.25) is 0 Å². The summed E-state index contributed by atoms with van der Waals surface area (Å²) in [5.74, 6) is -0.234. The highest BCUT2D eigenvalue weighted by molar-refractivity contribution is 5.97. The van der Waals surface area contributed by atoms with Crippen molar-refractivity contribution in [1.82, 2.24) is 0 Å². The van der Waals surface area contributed by atoms with E-state index in [1.807, 2.05) is 0 Å². The summed E-state index contributed by atoms with van der Waals surface area (Å²) in [5.41, 5.74) is -0.0190. The van der Waals surface area contributed by atoms with Crippen molar-refractivity contribution in [2.24, 2.45) is 0 Å². The van der Waals surface area contributed by atoms with Gasteiger partial charge < -0.3 is 9.47 Å². The smallest absolute Gasteiger partial charge is 0.416 e. The standard InChI is InChI=1S/C16H13F3O3/c1-21-12-6-7-13(14(9-12)15(20)22-2)10-4-3-5-11(8-10)16(17,18)19/h3-9H,1-2H3. The first-order chi connectivity index (χ1) is 10.4. The highest BCUT2D eigenvalue weighted by Gasteiger charge is 2.30. The first-order valence-corrected chi connectivity index (χ1v) is 6.31. The summed E-state index contributed by atoms with van der Waals surface area (Å²) >= 11 is 0. The Balaban J connectivity index is 2.59. The second kappa shape index (κ2) is 6.09. The maximum Gasteiger partial charge on any atom is 0.416 e. The van der Waals surface area contributed by atoms with Gasteiger partial charge in [-0.2, -0.15) is 13.2 Å². The number of hydrogen-bond donors (Lipinski definition) is 0. The van der Waals surface area contributed by atoms with Crippen LogP contribution in [0.15, 0.2) is 42.5 Å². The molecule has 0 aromatic heterocycles. The topological polar surface area (TPSA) is 35.5 Å². The molecule has 2 rings (SSSR count). The largest absolute Gasteiger partial charge is 0.497 e. The van der Waals surface area contributed by atoms with Gasteiger partial charge in [-0.05, 0) is 41.5 Å². The van der Waals surface area contributed by atoms with Gasteiger partial charge in [0.15, 0.2) is 0 Å². The Kier molecular flexibility index (Phi) is 4.40. The number of rotatable bonds is 3. The maximum absolute atomic E-state index is 12.8. The summed E-state index contributed by atoms with van der Waals surface area (Å²) in [5, 5.41) is 0. The molecule has 0 bridgehead atoms. The van der Waals surface area contributed by atoms with Crippen LogP contribution < -0.4 is 4.74 Å². The third-order valence-electron chi connectivity index (χ3n) is 3.13. The molecule has 116 valence electrons. The third kappa shape index (κ3) is 3.21.